The highest BCUT2D eigenvalue weighted by Crippen LogP contribution is 2.21. The first-order chi connectivity index (χ1) is 7.50. The summed E-state index contributed by atoms with van der Waals surface area (Å²) in [6.07, 6.45) is 2.49. The third-order valence-corrected chi connectivity index (χ3v) is 2.27. The summed E-state index contributed by atoms with van der Waals surface area (Å²) in [5.41, 5.74) is 0. The van der Waals surface area contributed by atoms with Crippen LogP contribution in [-0.2, 0) is 23.8 Å². The van der Waals surface area contributed by atoms with E-state index < -0.39 is 12.2 Å². The monoisotopic (exact) mass is 228 g/mol. The molecule has 1 rings (SSSR count). The molecule has 0 saturated heterocycles. The van der Waals surface area contributed by atoms with Gasteiger partial charge in [0.25, 0.3) is 0 Å². The quantitative estimate of drug-likeness (QED) is 0.675. The van der Waals surface area contributed by atoms with Crippen LogP contribution in [0.2, 0.25) is 0 Å². The molecule has 0 fully saturated rings. The zero-order valence-corrected chi connectivity index (χ0v) is 9.64. The Morgan fingerprint density at radius 3 is 2.56 bits per heavy atom. The Labute approximate surface area is 94.4 Å². The van der Waals surface area contributed by atoms with Gasteiger partial charge in [-0.15, -0.1) is 0 Å². The largest absolute Gasteiger partial charge is 0.491 e. The van der Waals surface area contributed by atoms with Gasteiger partial charge in [-0.25, -0.2) is 0 Å². The fraction of sp³-hybridized carbons (Fsp3) is 0.636. The van der Waals surface area contributed by atoms with Crippen molar-refractivity contribution in [3.8, 4) is 0 Å². The molecule has 0 spiro atoms. The lowest BCUT2D eigenvalue weighted by Gasteiger charge is -2.31. The van der Waals surface area contributed by atoms with E-state index in [0.29, 0.717) is 0 Å². The van der Waals surface area contributed by atoms with Crippen molar-refractivity contribution in [3.05, 3.63) is 12.3 Å². The standard InChI is InChI=1S/C11H16O5/c1-7-4-5-14-10(6-15-8(2)12)11(7)16-9(3)13/h4-5,7,10-11H,6H2,1-3H3/t7-,10-,11+/m1/s1. The van der Waals surface area contributed by atoms with Gasteiger partial charge in [-0.1, -0.05) is 6.92 Å². The number of hydrogen-bond donors (Lipinski definition) is 0. The molecule has 0 unspecified atom stereocenters. The van der Waals surface area contributed by atoms with E-state index in [4.69, 9.17) is 14.2 Å². The molecule has 3 atom stereocenters. The molecule has 0 amide bonds. The van der Waals surface area contributed by atoms with Crippen LogP contribution in [0.5, 0.6) is 0 Å². The SMILES string of the molecule is CC(=O)OC[C@H]1OC=C[C@@H](C)[C@@H]1OC(C)=O. The second kappa shape index (κ2) is 5.53. The summed E-state index contributed by atoms with van der Waals surface area (Å²) >= 11 is 0. The maximum absolute atomic E-state index is 10.9. The topological polar surface area (TPSA) is 61.8 Å². The summed E-state index contributed by atoms with van der Waals surface area (Å²) in [5, 5.41) is 0. The van der Waals surface area contributed by atoms with Gasteiger partial charge in [0, 0.05) is 19.8 Å². The first kappa shape index (κ1) is 12.5. The fourth-order valence-corrected chi connectivity index (χ4v) is 1.50. The molecule has 0 bridgehead atoms. The molecule has 5 heteroatoms. The Morgan fingerprint density at radius 2 is 2.00 bits per heavy atom. The van der Waals surface area contributed by atoms with E-state index in [2.05, 4.69) is 0 Å². The molecule has 0 aromatic rings. The first-order valence-corrected chi connectivity index (χ1v) is 5.13. The number of esters is 2. The molecule has 90 valence electrons. The van der Waals surface area contributed by atoms with Crippen molar-refractivity contribution in [2.24, 2.45) is 5.92 Å². The molecule has 0 saturated carbocycles. The van der Waals surface area contributed by atoms with E-state index in [1.54, 1.807) is 12.3 Å². The van der Waals surface area contributed by atoms with Crippen molar-refractivity contribution in [2.75, 3.05) is 6.61 Å². The Bertz CT molecular complexity index is 297. The lowest BCUT2D eigenvalue weighted by atomic mass is 9.98. The average Bonchev–Trinajstić information content (AvgIpc) is 2.18. The second-order valence-electron chi connectivity index (χ2n) is 3.74. The van der Waals surface area contributed by atoms with Gasteiger partial charge in [-0.05, 0) is 6.08 Å². The summed E-state index contributed by atoms with van der Waals surface area (Å²) in [4.78, 5) is 21.6. The Balaban J connectivity index is 2.60. The van der Waals surface area contributed by atoms with Crippen LogP contribution in [0.3, 0.4) is 0 Å². The molecule has 0 aromatic carbocycles. The zero-order valence-electron chi connectivity index (χ0n) is 9.64. The summed E-state index contributed by atoms with van der Waals surface area (Å²) in [6, 6.07) is 0. The van der Waals surface area contributed by atoms with Crippen LogP contribution in [-0.4, -0.2) is 30.8 Å². The van der Waals surface area contributed by atoms with Gasteiger partial charge in [-0.2, -0.15) is 0 Å². The van der Waals surface area contributed by atoms with Crippen LogP contribution in [0, 0.1) is 5.92 Å². The van der Waals surface area contributed by atoms with Crippen molar-refractivity contribution in [2.45, 2.75) is 33.0 Å². The zero-order chi connectivity index (χ0) is 12.1. The highest BCUT2D eigenvalue weighted by molar-refractivity contribution is 5.66. The minimum atomic E-state index is -0.437. The predicted molar refractivity (Wildman–Crippen MR) is 55.4 cm³/mol. The first-order valence-electron chi connectivity index (χ1n) is 5.13. The fourth-order valence-electron chi connectivity index (χ4n) is 1.50. The molecule has 1 aliphatic rings. The van der Waals surface area contributed by atoms with Crippen LogP contribution in [0.15, 0.2) is 12.3 Å². The molecule has 0 N–H and O–H groups in total. The number of hydrogen-bond acceptors (Lipinski definition) is 5. The summed E-state index contributed by atoms with van der Waals surface area (Å²) in [5.74, 6) is -0.714. The van der Waals surface area contributed by atoms with Crippen LogP contribution in [0.4, 0.5) is 0 Å². The maximum atomic E-state index is 10.9. The highest BCUT2D eigenvalue weighted by Gasteiger charge is 2.33. The van der Waals surface area contributed by atoms with E-state index >= 15 is 0 Å². The normalized spacial score (nSPS) is 28.1. The number of carbonyl (C=O) groups is 2. The highest BCUT2D eigenvalue weighted by atomic mass is 16.6. The van der Waals surface area contributed by atoms with Crippen molar-refractivity contribution >= 4 is 11.9 Å². The number of rotatable bonds is 3. The van der Waals surface area contributed by atoms with Gasteiger partial charge in [0.2, 0.25) is 0 Å². The van der Waals surface area contributed by atoms with Crippen molar-refractivity contribution < 1.29 is 23.8 Å². The Kier molecular flexibility index (Phi) is 4.34. The molecule has 0 aliphatic carbocycles. The minimum absolute atomic E-state index is 0.0400. The molecule has 1 aliphatic heterocycles. The lowest BCUT2D eigenvalue weighted by molar-refractivity contribution is -0.163. The van der Waals surface area contributed by atoms with E-state index in [-0.39, 0.29) is 24.5 Å². The van der Waals surface area contributed by atoms with E-state index in [1.165, 1.54) is 13.8 Å². The van der Waals surface area contributed by atoms with Crippen LogP contribution >= 0.6 is 0 Å². The molecule has 5 nitrogen and oxygen atoms in total. The summed E-state index contributed by atoms with van der Waals surface area (Å²) in [7, 11) is 0. The summed E-state index contributed by atoms with van der Waals surface area (Å²) in [6.45, 7) is 4.66. The summed E-state index contributed by atoms with van der Waals surface area (Å²) < 4.78 is 15.3. The molecule has 16 heavy (non-hydrogen) atoms. The van der Waals surface area contributed by atoms with Gasteiger partial charge >= 0.3 is 11.9 Å². The van der Waals surface area contributed by atoms with Crippen molar-refractivity contribution in [1.29, 1.82) is 0 Å². The smallest absolute Gasteiger partial charge is 0.303 e. The van der Waals surface area contributed by atoms with Crippen LogP contribution in [0.25, 0.3) is 0 Å². The van der Waals surface area contributed by atoms with Crippen LogP contribution in [0.1, 0.15) is 20.8 Å². The predicted octanol–water partition coefficient (Wildman–Crippen LogP) is 1.03. The maximum Gasteiger partial charge on any atom is 0.303 e. The number of carbonyl (C=O) groups excluding carboxylic acids is 2. The van der Waals surface area contributed by atoms with E-state index in [1.807, 2.05) is 6.92 Å². The third-order valence-electron chi connectivity index (χ3n) is 2.27. The average molecular weight is 228 g/mol. The molecular weight excluding hydrogens is 212 g/mol. The lowest BCUT2D eigenvalue weighted by Crippen LogP contribution is -2.42. The Morgan fingerprint density at radius 1 is 1.31 bits per heavy atom. The van der Waals surface area contributed by atoms with Gasteiger partial charge in [0.15, 0.2) is 6.10 Å². The van der Waals surface area contributed by atoms with Crippen molar-refractivity contribution in [1.82, 2.24) is 0 Å². The third kappa shape index (κ3) is 3.56. The van der Waals surface area contributed by atoms with Gasteiger partial charge in [0.05, 0.1) is 6.26 Å². The van der Waals surface area contributed by atoms with Gasteiger partial charge in [-0.3, -0.25) is 9.59 Å². The number of ether oxygens (including phenoxy) is 3. The Hall–Kier alpha value is -1.52. The van der Waals surface area contributed by atoms with Gasteiger partial charge in [0.1, 0.15) is 12.7 Å². The van der Waals surface area contributed by atoms with E-state index in [0.717, 1.165) is 0 Å². The van der Waals surface area contributed by atoms with Gasteiger partial charge < -0.3 is 14.2 Å². The van der Waals surface area contributed by atoms with Crippen LogP contribution < -0.4 is 0 Å². The molecule has 1 heterocycles. The molecular formula is C11H16O5. The molecule has 0 aromatic heterocycles. The minimum Gasteiger partial charge on any atom is -0.491 e. The molecule has 0 radical (unpaired) electrons. The van der Waals surface area contributed by atoms with E-state index in [9.17, 15) is 9.59 Å². The van der Waals surface area contributed by atoms with Crippen molar-refractivity contribution in [3.63, 3.8) is 0 Å². The second-order valence-corrected chi connectivity index (χ2v) is 3.74.